The zero-order valence-corrected chi connectivity index (χ0v) is 20.2. The van der Waals surface area contributed by atoms with Crippen molar-refractivity contribution in [1.29, 1.82) is 0 Å². The molecule has 1 unspecified atom stereocenters. The van der Waals surface area contributed by atoms with Crippen LogP contribution < -0.4 is 10.1 Å². The van der Waals surface area contributed by atoms with Crippen LogP contribution >= 0.6 is 0 Å². The monoisotopic (exact) mass is 480 g/mol. The first-order valence-electron chi connectivity index (χ1n) is 12.5. The van der Waals surface area contributed by atoms with E-state index in [-0.39, 0.29) is 11.8 Å². The maximum absolute atomic E-state index is 13.0. The van der Waals surface area contributed by atoms with E-state index in [9.17, 15) is 4.79 Å². The Morgan fingerprint density at radius 3 is 2.72 bits per heavy atom. The molecule has 3 aromatic carbocycles. The highest BCUT2D eigenvalue weighted by Gasteiger charge is 2.65. The summed E-state index contributed by atoms with van der Waals surface area (Å²) >= 11 is 0. The zero-order chi connectivity index (χ0) is 24.3. The first-order chi connectivity index (χ1) is 17.7. The van der Waals surface area contributed by atoms with Crippen molar-refractivity contribution in [2.75, 3.05) is 38.7 Å². The molecule has 3 aliphatic rings. The van der Waals surface area contributed by atoms with Crippen LogP contribution in [0.2, 0.25) is 0 Å². The molecule has 1 saturated heterocycles. The number of ether oxygens (including phenoxy) is 2. The van der Waals surface area contributed by atoms with E-state index in [1.165, 1.54) is 5.56 Å². The number of nitrogens with one attached hydrogen (secondary N) is 2. The molecule has 0 radical (unpaired) electrons. The van der Waals surface area contributed by atoms with Crippen LogP contribution in [0.1, 0.15) is 29.0 Å². The van der Waals surface area contributed by atoms with E-state index in [0.29, 0.717) is 0 Å². The molecule has 2 N–H and O–H groups in total. The molecule has 3 heterocycles. The lowest BCUT2D eigenvalue weighted by atomic mass is 9.91. The Hall–Kier alpha value is -3.68. The van der Waals surface area contributed by atoms with Crippen LogP contribution in [0.15, 0.2) is 60.7 Å². The largest absolute Gasteiger partial charge is 0.497 e. The SMILES string of the molecule is COc1ccc2c(c1)[C@]1(CC1c1ccc3c(-c4ccc(CN5CCOCC5)cc4)n[nH]c3c1)C(=O)N2. The number of methoxy groups -OCH3 is 1. The number of nitrogens with zero attached hydrogens (tertiary/aromatic N) is 2. The summed E-state index contributed by atoms with van der Waals surface area (Å²) in [5, 5.41) is 12.0. The van der Waals surface area contributed by atoms with Crippen molar-refractivity contribution < 1.29 is 14.3 Å². The third-order valence-electron chi connectivity index (χ3n) is 8.05. The Labute approximate surface area is 209 Å². The molecule has 2 aliphatic heterocycles. The van der Waals surface area contributed by atoms with Gasteiger partial charge in [0.2, 0.25) is 5.91 Å². The Kier molecular flexibility index (Phi) is 4.91. The van der Waals surface area contributed by atoms with E-state index in [4.69, 9.17) is 9.47 Å². The van der Waals surface area contributed by atoms with Crippen LogP contribution in [0, 0.1) is 0 Å². The molecule has 1 aliphatic carbocycles. The topological polar surface area (TPSA) is 79.5 Å². The average molecular weight is 481 g/mol. The number of rotatable bonds is 5. The summed E-state index contributed by atoms with van der Waals surface area (Å²) in [5.74, 6) is 1.000. The lowest BCUT2D eigenvalue weighted by molar-refractivity contribution is -0.118. The van der Waals surface area contributed by atoms with Crippen molar-refractivity contribution in [1.82, 2.24) is 15.1 Å². The van der Waals surface area contributed by atoms with Gasteiger partial charge in [0.15, 0.2) is 0 Å². The molecule has 1 amide bonds. The van der Waals surface area contributed by atoms with Crippen molar-refractivity contribution in [2.45, 2.75) is 24.3 Å². The lowest BCUT2D eigenvalue weighted by Crippen LogP contribution is -2.35. The number of carbonyl (C=O) groups excluding carboxylic acids is 1. The molecule has 36 heavy (non-hydrogen) atoms. The summed E-state index contributed by atoms with van der Waals surface area (Å²) in [6, 6.07) is 21.0. The minimum absolute atomic E-state index is 0.0818. The number of benzene rings is 3. The molecule has 7 rings (SSSR count). The van der Waals surface area contributed by atoms with Gasteiger partial charge in [-0.05, 0) is 47.4 Å². The molecule has 182 valence electrons. The van der Waals surface area contributed by atoms with Crippen molar-refractivity contribution in [2.24, 2.45) is 0 Å². The second-order valence-electron chi connectivity index (χ2n) is 10.1. The summed E-state index contributed by atoms with van der Waals surface area (Å²) in [5.41, 5.74) is 6.93. The van der Waals surface area contributed by atoms with Gasteiger partial charge in [-0.2, -0.15) is 5.10 Å². The first-order valence-corrected chi connectivity index (χ1v) is 12.5. The number of hydrogen-bond acceptors (Lipinski definition) is 5. The molecule has 4 aromatic rings. The second-order valence-corrected chi connectivity index (χ2v) is 10.1. The van der Waals surface area contributed by atoms with Crippen LogP contribution in [-0.4, -0.2) is 54.4 Å². The number of carbonyl (C=O) groups is 1. The van der Waals surface area contributed by atoms with E-state index < -0.39 is 5.41 Å². The maximum atomic E-state index is 13.0. The van der Waals surface area contributed by atoms with Gasteiger partial charge in [0.1, 0.15) is 5.75 Å². The smallest absolute Gasteiger partial charge is 0.235 e. The molecule has 1 saturated carbocycles. The Morgan fingerprint density at radius 2 is 1.92 bits per heavy atom. The van der Waals surface area contributed by atoms with Gasteiger partial charge in [-0.25, -0.2) is 0 Å². The zero-order valence-electron chi connectivity index (χ0n) is 20.2. The quantitative estimate of drug-likeness (QED) is 0.441. The van der Waals surface area contributed by atoms with E-state index in [2.05, 4.69) is 62.9 Å². The standard InChI is InChI=1S/C29H28N4O3/c1-35-21-7-9-25-23(15-21)29(28(34)30-25)16-24(29)20-6-8-22-26(14-20)31-32-27(22)19-4-2-18(3-5-19)17-33-10-12-36-13-11-33/h2-9,14-15,24H,10-13,16-17H2,1H3,(H,30,34)(H,31,32)/t24?,29-/m0/s1. The minimum atomic E-state index is -0.503. The molecule has 7 heteroatoms. The number of amides is 1. The molecule has 1 aromatic heterocycles. The van der Waals surface area contributed by atoms with Gasteiger partial charge in [0, 0.05) is 42.2 Å². The highest BCUT2D eigenvalue weighted by Crippen LogP contribution is 2.65. The predicted molar refractivity (Wildman–Crippen MR) is 138 cm³/mol. The number of hydrogen-bond donors (Lipinski definition) is 2. The molecule has 1 spiro atoms. The van der Waals surface area contributed by atoms with Gasteiger partial charge in [0.05, 0.1) is 36.9 Å². The first kappa shape index (κ1) is 21.6. The second kappa shape index (κ2) is 8.18. The Balaban J connectivity index is 1.14. The number of anilines is 1. The third-order valence-corrected chi connectivity index (χ3v) is 8.05. The van der Waals surface area contributed by atoms with Crippen molar-refractivity contribution in [3.05, 3.63) is 77.4 Å². The number of aromatic nitrogens is 2. The Morgan fingerprint density at radius 1 is 1.08 bits per heavy atom. The summed E-state index contributed by atoms with van der Waals surface area (Å²) in [6.07, 6.45) is 0.802. The van der Waals surface area contributed by atoms with E-state index in [1.54, 1.807) is 7.11 Å². The summed E-state index contributed by atoms with van der Waals surface area (Å²) < 4.78 is 10.9. The van der Waals surface area contributed by atoms with E-state index in [0.717, 1.165) is 84.0 Å². The molecular formula is C29H28N4O3. The van der Waals surface area contributed by atoms with Crippen LogP contribution in [0.25, 0.3) is 22.2 Å². The molecule has 2 atom stereocenters. The fraction of sp³-hybridized carbons (Fsp3) is 0.310. The maximum Gasteiger partial charge on any atom is 0.235 e. The number of aromatic amines is 1. The predicted octanol–water partition coefficient (Wildman–Crippen LogP) is 4.45. The highest BCUT2D eigenvalue weighted by atomic mass is 16.5. The summed E-state index contributed by atoms with van der Waals surface area (Å²) in [6.45, 7) is 4.54. The fourth-order valence-electron chi connectivity index (χ4n) is 5.96. The molecule has 0 bridgehead atoms. The van der Waals surface area contributed by atoms with Gasteiger partial charge in [-0.15, -0.1) is 0 Å². The normalized spacial score (nSPS) is 23.1. The van der Waals surface area contributed by atoms with Crippen molar-refractivity contribution in [3.63, 3.8) is 0 Å². The number of fused-ring (bicyclic) bond motifs is 3. The summed E-state index contributed by atoms with van der Waals surface area (Å²) in [4.78, 5) is 15.4. The van der Waals surface area contributed by atoms with Crippen LogP contribution in [-0.2, 0) is 21.5 Å². The molecule has 2 fully saturated rings. The average Bonchev–Trinajstić information content (AvgIpc) is 3.44. The van der Waals surface area contributed by atoms with Gasteiger partial charge in [-0.3, -0.25) is 14.8 Å². The van der Waals surface area contributed by atoms with Crippen molar-refractivity contribution in [3.8, 4) is 17.0 Å². The van der Waals surface area contributed by atoms with Gasteiger partial charge < -0.3 is 14.8 Å². The van der Waals surface area contributed by atoms with E-state index >= 15 is 0 Å². The van der Waals surface area contributed by atoms with Crippen LogP contribution in [0.3, 0.4) is 0 Å². The van der Waals surface area contributed by atoms with Crippen LogP contribution in [0.4, 0.5) is 5.69 Å². The molecule has 7 nitrogen and oxygen atoms in total. The third kappa shape index (κ3) is 3.34. The highest BCUT2D eigenvalue weighted by molar-refractivity contribution is 6.10. The minimum Gasteiger partial charge on any atom is -0.497 e. The Bertz CT molecular complexity index is 1470. The fourth-order valence-corrected chi connectivity index (χ4v) is 5.96. The van der Waals surface area contributed by atoms with Gasteiger partial charge in [0.25, 0.3) is 0 Å². The summed E-state index contributed by atoms with van der Waals surface area (Å²) in [7, 11) is 1.66. The van der Waals surface area contributed by atoms with Crippen molar-refractivity contribution >= 4 is 22.5 Å². The molecular weight excluding hydrogens is 452 g/mol. The van der Waals surface area contributed by atoms with E-state index in [1.807, 2.05) is 18.2 Å². The lowest BCUT2D eigenvalue weighted by Gasteiger charge is -2.26. The number of morpholine rings is 1. The van der Waals surface area contributed by atoms with Gasteiger partial charge in [-0.1, -0.05) is 36.4 Å². The van der Waals surface area contributed by atoms with Crippen LogP contribution in [0.5, 0.6) is 5.75 Å². The van der Waals surface area contributed by atoms with Gasteiger partial charge >= 0.3 is 0 Å². The number of H-pyrrole nitrogens is 1.